The van der Waals surface area contributed by atoms with Crippen molar-refractivity contribution >= 4 is 11.5 Å². The summed E-state index contributed by atoms with van der Waals surface area (Å²) in [5.41, 5.74) is -1.09. The molecule has 1 aromatic heterocycles. The number of hydrogen-bond donors (Lipinski definition) is 0. The summed E-state index contributed by atoms with van der Waals surface area (Å²) in [4.78, 5) is 15.5. The molecule has 0 spiro atoms. The molecule has 0 radical (unpaired) electrons. The highest BCUT2D eigenvalue weighted by molar-refractivity contribution is 5.88. The van der Waals surface area contributed by atoms with Gasteiger partial charge in [-0.15, -0.1) is 0 Å². The minimum atomic E-state index is -4.62. The molecule has 0 N–H and O–H groups in total. The number of halogens is 3. The van der Waals surface area contributed by atoms with Gasteiger partial charge in [-0.25, -0.2) is 4.85 Å². The van der Waals surface area contributed by atoms with Crippen molar-refractivity contribution in [1.29, 1.82) is 0 Å². The van der Waals surface area contributed by atoms with E-state index in [1.807, 2.05) is 19.2 Å². The summed E-state index contributed by atoms with van der Waals surface area (Å²) in [7, 11) is 0. The molecule has 0 aliphatic heterocycles. The quantitative estimate of drug-likeness (QED) is 0.730. The lowest BCUT2D eigenvalue weighted by Crippen LogP contribution is -2.36. The molecule has 0 amide bonds. The number of rotatable bonds is 4. The molecule has 0 saturated heterocycles. The molecule has 3 nitrogen and oxygen atoms in total. The summed E-state index contributed by atoms with van der Waals surface area (Å²) in [5.74, 6) is -0.207. The van der Waals surface area contributed by atoms with Crippen LogP contribution in [0.15, 0.2) is 36.7 Å². The smallest absolute Gasteiger partial charge is 0.342 e. The monoisotopic (exact) mass is 334 g/mol. The van der Waals surface area contributed by atoms with Crippen molar-refractivity contribution in [2.24, 2.45) is 0 Å². The fraction of sp³-hybridized carbons (Fsp3) is 0.333. The summed E-state index contributed by atoms with van der Waals surface area (Å²) in [6, 6.07) is 5.27. The first-order valence-electron chi connectivity index (χ1n) is 7.31. The number of aryl methyl sites for hydroxylation is 1. The van der Waals surface area contributed by atoms with Crippen LogP contribution >= 0.6 is 0 Å². The van der Waals surface area contributed by atoms with Crippen LogP contribution in [0.5, 0.6) is 0 Å². The van der Waals surface area contributed by atoms with E-state index < -0.39 is 23.0 Å². The van der Waals surface area contributed by atoms with Gasteiger partial charge in [-0.3, -0.25) is 4.79 Å². The van der Waals surface area contributed by atoms with Crippen molar-refractivity contribution in [2.45, 2.75) is 38.9 Å². The summed E-state index contributed by atoms with van der Waals surface area (Å²) in [6.07, 6.45) is -1.16. The van der Waals surface area contributed by atoms with E-state index in [0.717, 1.165) is 17.7 Å². The Hall–Kier alpha value is -2.55. The van der Waals surface area contributed by atoms with Gasteiger partial charge in [0, 0.05) is 18.8 Å². The molecule has 6 heteroatoms. The molecular formula is C18H17F3N2O. The molecule has 2 aromatic rings. The second kappa shape index (κ2) is 6.16. The maximum atomic E-state index is 13.0. The van der Waals surface area contributed by atoms with Gasteiger partial charge in [-0.2, -0.15) is 13.2 Å². The van der Waals surface area contributed by atoms with Crippen molar-refractivity contribution in [2.75, 3.05) is 0 Å². The number of Topliss-reactive ketones (excluding diaryl/α,β-unsaturated/α-hetero) is 1. The lowest BCUT2D eigenvalue weighted by molar-refractivity contribution is -0.137. The van der Waals surface area contributed by atoms with Crippen molar-refractivity contribution in [1.82, 2.24) is 4.57 Å². The molecule has 0 aliphatic rings. The van der Waals surface area contributed by atoms with Crippen LogP contribution in [-0.4, -0.2) is 10.4 Å². The Morgan fingerprint density at radius 1 is 1.25 bits per heavy atom. The van der Waals surface area contributed by atoms with Crippen LogP contribution < -0.4 is 0 Å². The predicted molar refractivity (Wildman–Crippen MR) is 84.9 cm³/mol. The molecule has 0 aliphatic carbocycles. The van der Waals surface area contributed by atoms with E-state index in [1.165, 1.54) is 6.07 Å². The number of hydrogen-bond acceptors (Lipinski definition) is 1. The average Bonchev–Trinajstić information content (AvgIpc) is 2.93. The number of carbonyl (C=O) groups excluding carboxylic acids is 1. The predicted octanol–water partition coefficient (Wildman–Crippen LogP) is 4.91. The Morgan fingerprint density at radius 2 is 1.92 bits per heavy atom. The molecule has 1 aromatic carbocycles. The third-order valence-corrected chi connectivity index (χ3v) is 4.02. The van der Waals surface area contributed by atoms with E-state index >= 15 is 0 Å². The summed E-state index contributed by atoms with van der Waals surface area (Å²) >= 11 is 0. The topological polar surface area (TPSA) is 26.4 Å². The Bertz CT molecular complexity index is 810. The van der Waals surface area contributed by atoms with Crippen LogP contribution in [0.3, 0.4) is 0 Å². The van der Waals surface area contributed by atoms with Crippen molar-refractivity contribution < 1.29 is 18.0 Å². The second-order valence-corrected chi connectivity index (χ2v) is 6.22. The van der Waals surface area contributed by atoms with Gasteiger partial charge in [0.1, 0.15) is 0 Å². The molecule has 0 atom stereocenters. The molecular weight excluding hydrogens is 317 g/mol. The third-order valence-electron chi connectivity index (χ3n) is 4.02. The number of nitrogens with zero attached hydrogens (tertiary/aromatic N) is 2. The van der Waals surface area contributed by atoms with Crippen LogP contribution in [0, 0.1) is 13.5 Å². The second-order valence-electron chi connectivity index (χ2n) is 6.22. The molecule has 0 saturated carbocycles. The maximum absolute atomic E-state index is 13.0. The molecule has 1 heterocycles. The summed E-state index contributed by atoms with van der Waals surface area (Å²) in [6.45, 7) is 12.2. The normalized spacial score (nSPS) is 12.0. The van der Waals surface area contributed by atoms with Gasteiger partial charge >= 0.3 is 6.18 Å². The first kappa shape index (κ1) is 17.8. The van der Waals surface area contributed by atoms with E-state index in [0.29, 0.717) is 0 Å². The number of aromatic nitrogens is 1. The number of carbonyl (C=O) groups is 1. The van der Waals surface area contributed by atoms with Crippen molar-refractivity contribution in [3.05, 3.63) is 64.8 Å². The Morgan fingerprint density at radius 3 is 2.42 bits per heavy atom. The lowest BCUT2D eigenvalue weighted by Gasteiger charge is -2.26. The minimum Gasteiger partial charge on any atom is -0.342 e. The standard InChI is InChI=1S/C18H17F3N2O/c1-12-7-8-23(11-12)17(2,3)16(24)10-13-5-6-15(22-4)14(9-13)18(19,20)21/h5-9,11H,10H2,1-3H3. The molecule has 0 unspecified atom stereocenters. The van der Waals surface area contributed by atoms with Gasteiger partial charge in [0.05, 0.1) is 17.7 Å². The van der Waals surface area contributed by atoms with Gasteiger partial charge < -0.3 is 4.57 Å². The molecule has 2 rings (SSSR count). The van der Waals surface area contributed by atoms with Crippen LogP contribution in [0.1, 0.15) is 30.5 Å². The Labute approximate surface area is 138 Å². The fourth-order valence-electron chi connectivity index (χ4n) is 2.41. The lowest BCUT2D eigenvalue weighted by atomic mass is 9.92. The fourth-order valence-corrected chi connectivity index (χ4v) is 2.41. The van der Waals surface area contributed by atoms with Crippen LogP contribution in [0.25, 0.3) is 4.85 Å². The highest BCUT2D eigenvalue weighted by atomic mass is 19.4. The zero-order valence-corrected chi connectivity index (χ0v) is 13.6. The van der Waals surface area contributed by atoms with E-state index in [4.69, 9.17) is 6.57 Å². The maximum Gasteiger partial charge on any atom is 0.407 e. The van der Waals surface area contributed by atoms with Gasteiger partial charge in [-0.1, -0.05) is 18.2 Å². The average molecular weight is 334 g/mol. The van der Waals surface area contributed by atoms with Gasteiger partial charge in [0.2, 0.25) is 0 Å². The number of benzene rings is 1. The molecule has 126 valence electrons. The van der Waals surface area contributed by atoms with Gasteiger partial charge in [-0.05, 0) is 38.0 Å². The van der Waals surface area contributed by atoms with E-state index in [-0.39, 0.29) is 17.8 Å². The SMILES string of the molecule is [C-]#[N+]c1ccc(CC(=O)C(C)(C)n2ccc(C)c2)cc1C(F)(F)F. The van der Waals surface area contributed by atoms with Crippen molar-refractivity contribution in [3.63, 3.8) is 0 Å². The van der Waals surface area contributed by atoms with E-state index in [1.54, 1.807) is 24.6 Å². The third kappa shape index (κ3) is 3.51. The highest BCUT2D eigenvalue weighted by Gasteiger charge is 2.34. The van der Waals surface area contributed by atoms with Gasteiger partial charge in [0.15, 0.2) is 11.5 Å². The summed E-state index contributed by atoms with van der Waals surface area (Å²) in [5, 5.41) is 0. The molecule has 24 heavy (non-hydrogen) atoms. The zero-order valence-electron chi connectivity index (χ0n) is 13.6. The first-order chi connectivity index (χ1) is 11.1. The largest absolute Gasteiger partial charge is 0.407 e. The Kier molecular flexibility index (Phi) is 4.57. The zero-order chi connectivity index (χ0) is 18.1. The van der Waals surface area contributed by atoms with Crippen LogP contribution in [0.2, 0.25) is 0 Å². The van der Waals surface area contributed by atoms with Crippen LogP contribution in [-0.2, 0) is 22.9 Å². The molecule has 0 bridgehead atoms. The van der Waals surface area contributed by atoms with E-state index in [9.17, 15) is 18.0 Å². The minimum absolute atomic E-state index is 0.133. The van der Waals surface area contributed by atoms with Crippen LogP contribution in [0.4, 0.5) is 18.9 Å². The first-order valence-corrected chi connectivity index (χ1v) is 7.31. The van der Waals surface area contributed by atoms with Gasteiger partial charge in [0.25, 0.3) is 0 Å². The Balaban J connectivity index is 2.31. The van der Waals surface area contributed by atoms with E-state index in [2.05, 4.69) is 4.85 Å². The molecule has 0 fully saturated rings. The summed E-state index contributed by atoms with van der Waals surface area (Å²) < 4.78 is 40.8. The number of ketones is 1. The number of alkyl halides is 3. The highest BCUT2D eigenvalue weighted by Crippen LogP contribution is 2.37. The van der Waals surface area contributed by atoms with Crippen molar-refractivity contribution in [3.8, 4) is 0 Å².